The van der Waals surface area contributed by atoms with E-state index in [0.717, 1.165) is 32.2 Å². The molecule has 0 spiro atoms. The predicted molar refractivity (Wildman–Crippen MR) is 81.8 cm³/mol. The standard InChI is InChI=1S/C13H8BrCl2N3/c1-6-4-18-13(16)19-11(6)8-5-17-12-7(8)2-3-9(14)10(12)15/h2-5,17H,1H3. The van der Waals surface area contributed by atoms with Crippen LogP contribution in [-0.4, -0.2) is 15.0 Å². The smallest absolute Gasteiger partial charge is 0.222 e. The van der Waals surface area contributed by atoms with Crippen LogP contribution < -0.4 is 0 Å². The molecule has 0 unspecified atom stereocenters. The van der Waals surface area contributed by atoms with E-state index >= 15 is 0 Å². The van der Waals surface area contributed by atoms with Gasteiger partial charge < -0.3 is 4.98 Å². The van der Waals surface area contributed by atoms with E-state index in [-0.39, 0.29) is 5.28 Å². The molecule has 3 aromatic rings. The molecular weight excluding hydrogens is 349 g/mol. The summed E-state index contributed by atoms with van der Waals surface area (Å²) in [5.74, 6) is 0. The number of aromatic nitrogens is 3. The van der Waals surface area contributed by atoms with Crippen molar-refractivity contribution in [1.29, 1.82) is 0 Å². The van der Waals surface area contributed by atoms with Gasteiger partial charge >= 0.3 is 0 Å². The number of nitrogens with zero attached hydrogens (tertiary/aromatic N) is 2. The summed E-state index contributed by atoms with van der Waals surface area (Å²) >= 11 is 15.5. The minimum atomic E-state index is 0.234. The van der Waals surface area contributed by atoms with E-state index in [1.54, 1.807) is 6.20 Å². The maximum absolute atomic E-state index is 6.26. The fourth-order valence-electron chi connectivity index (χ4n) is 2.03. The predicted octanol–water partition coefficient (Wildman–Crippen LogP) is 5.00. The van der Waals surface area contributed by atoms with Crippen LogP contribution >= 0.6 is 39.1 Å². The molecule has 6 heteroatoms. The first-order chi connectivity index (χ1) is 9.08. The third-order valence-electron chi connectivity index (χ3n) is 2.94. The van der Waals surface area contributed by atoms with Crippen molar-refractivity contribution in [1.82, 2.24) is 15.0 Å². The molecule has 0 aliphatic heterocycles. The van der Waals surface area contributed by atoms with E-state index in [9.17, 15) is 0 Å². The molecule has 0 radical (unpaired) electrons. The van der Waals surface area contributed by atoms with Gasteiger partial charge in [-0.15, -0.1) is 0 Å². The van der Waals surface area contributed by atoms with Gasteiger partial charge in [-0.2, -0.15) is 0 Å². The van der Waals surface area contributed by atoms with Crippen LogP contribution in [0.4, 0.5) is 0 Å². The maximum Gasteiger partial charge on any atom is 0.222 e. The lowest BCUT2D eigenvalue weighted by Gasteiger charge is -2.04. The van der Waals surface area contributed by atoms with Gasteiger partial charge in [0.05, 0.1) is 16.2 Å². The van der Waals surface area contributed by atoms with Gasteiger partial charge in [0.25, 0.3) is 0 Å². The van der Waals surface area contributed by atoms with E-state index in [0.29, 0.717) is 5.02 Å². The quantitative estimate of drug-likeness (QED) is 0.623. The summed E-state index contributed by atoms with van der Waals surface area (Å²) < 4.78 is 0.854. The second-order valence-electron chi connectivity index (χ2n) is 4.16. The Labute approximate surface area is 128 Å². The topological polar surface area (TPSA) is 41.6 Å². The largest absolute Gasteiger partial charge is 0.359 e. The molecule has 0 saturated heterocycles. The summed E-state index contributed by atoms with van der Waals surface area (Å²) in [6.45, 7) is 1.95. The summed E-state index contributed by atoms with van der Waals surface area (Å²) in [5, 5.41) is 1.89. The summed E-state index contributed by atoms with van der Waals surface area (Å²) in [4.78, 5) is 11.4. The van der Waals surface area contributed by atoms with Crippen LogP contribution in [0, 0.1) is 6.92 Å². The Morgan fingerprint density at radius 3 is 2.84 bits per heavy atom. The lowest BCUT2D eigenvalue weighted by Crippen LogP contribution is -1.90. The van der Waals surface area contributed by atoms with Crippen molar-refractivity contribution in [3.63, 3.8) is 0 Å². The molecule has 19 heavy (non-hydrogen) atoms. The molecule has 1 N–H and O–H groups in total. The molecule has 3 nitrogen and oxygen atoms in total. The lowest BCUT2D eigenvalue weighted by atomic mass is 10.1. The van der Waals surface area contributed by atoms with Crippen molar-refractivity contribution in [2.75, 3.05) is 0 Å². The Kier molecular flexibility index (Phi) is 3.25. The van der Waals surface area contributed by atoms with Crippen molar-refractivity contribution in [3.8, 4) is 11.3 Å². The fraction of sp³-hybridized carbons (Fsp3) is 0.0769. The number of H-pyrrole nitrogens is 1. The minimum Gasteiger partial charge on any atom is -0.359 e. The Morgan fingerprint density at radius 1 is 1.26 bits per heavy atom. The molecule has 0 atom stereocenters. The van der Waals surface area contributed by atoms with Crippen molar-refractivity contribution in [3.05, 3.63) is 44.9 Å². The van der Waals surface area contributed by atoms with Crippen LogP contribution in [0.1, 0.15) is 5.56 Å². The molecule has 0 bridgehead atoms. The number of aromatic amines is 1. The molecule has 96 valence electrons. The highest BCUT2D eigenvalue weighted by Crippen LogP contribution is 2.36. The average molecular weight is 357 g/mol. The molecular formula is C13H8BrCl2N3. The van der Waals surface area contributed by atoms with Gasteiger partial charge in [0, 0.05) is 27.8 Å². The SMILES string of the molecule is Cc1cnc(Cl)nc1-c1c[nH]c2c(Cl)c(Br)ccc12. The van der Waals surface area contributed by atoms with Gasteiger partial charge in [-0.3, -0.25) is 0 Å². The molecule has 0 fully saturated rings. The van der Waals surface area contributed by atoms with E-state index in [2.05, 4.69) is 30.9 Å². The highest BCUT2D eigenvalue weighted by molar-refractivity contribution is 9.10. The van der Waals surface area contributed by atoms with Crippen LogP contribution in [-0.2, 0) is 0 Å². The molecule has 3 rings (SSSR count). The number of hydrogen-bond acceptors (Lipinski definition) is 2. The van der Waals surface area contributed by atoms with Crippen molar-refractivity contribution >= 4 is 50.0 Å². The van der Waals surface area contributed by atoms with E-state index in [4.69, 9.17) is 23.2 Å². The minimum absolute atomic E-state index is 0.234. The Morgan fingerprint density at radius 2 is 2.05 bits per heavy atom. The zero-order valence-electron chi connectivity index (χ0n) is 9.84. The molecule has 1 aromatic carbocycles. The number of halogens is 3. The number of nitrogens with one attached hydrogen (secondary N) is 1. The normalized spacial score (nSPS) is 11.2. The van der Waals surface area contributed by atoms with Crippen LogP contribution in [0.15, 0.2) is 29.0 Å². The summed E-state index contributed by atoms with van der Waals surface area (Å²) in [5.41, 5.74) is 3.61. The first-order valence-corrected chi connectivity index (χ1v) is 7.07. The van der Waals surface area contributed by atoms with E-state index in [1.807, 2.05) is 25.3 Å². The van der Waals surface area contributed by atoms with Gasteiger partial charge in [-0.1, -0.05) is 17.7 Å². The molecule has 2 aromatic heterocycles. The Balaban J connectivity index is 2.32. The summed E-state index contributed by atoms with van der Waals surface area (Å²) in [6.07, 6.45) is 3.60. The highest BCUT2D eigenvalue weighted by Gasteiger charge is 2.14. The number of aryl methyl sites for hydroxylation is 1. The van der Waals surface area contributed by atoms with Gasteiger partial charge in [0.2, 0.25) is 5.28 Å². The highest BCUT2D eigenvalue weighted by atomic mass is 79.9. The molecule has 0 aliphatic rings. The molecule has 0 amide bonds. The zero-order chi connectivity index (χ0) is 13.6. The van der Waals surface area contributed by atoms with Gasteiger partial charge in [0.15, 0.2) is 0 Å². The van der Waals surface area contributed by atoms with Crippen molar-refractivity contribution in [2.24, 2.45) is 0 Å². The van der Waals surface area contributed by atoms with Crippen molar-refractivity contribution in [2.45, 2.75) is 6.92 Å². The van der Waals surface area contributed by atoms with Crippen LogP contribution in [0.2, 0.25) is 10.3 Å². The average Bonchev–Trinajstić information content (AvgIpc) is 2.81. The first-order valence-electron chi connectivity index (χ1n) is 5.52. The molecule has 0 aliphatic carbocycles. The third kappa shape index (κ3) is 2.14. The number of benzene rings is 1. The number of fused-ring (bicyclic) bond motifs is 1. The monoisotopic (exact) mass is 355 g/mol. The van der Waals surface area contributed by atoms with Crippen LogP contribution in [0.5, 0.6) is 0 Å². The fourth-order valence-corrected chi connectivity index (χ4v) is 2.71. The second kappa shape index (κ2) is 4.78. The lowest BCUT2D eigenvalue weighted by molar-refractivity contribution is 1.14. The molecule has 2 heterocycles. The molecule has 0 saturated carbocycles. The maximum atomic E-state index is 6.26. The van der Waals surface area contributed by atoms with Gasteiger partial charge in [0.1, 0.15) is 0 Å². The second-order valence-corrected chi connectivity index (χ2v) is 5.73. The summed E-state index contributed by atoms with van der Waals surface area (Å²) in [7, 11) is 0. The van der Waals surface area contributed by atoms with Gasteiger partial charge in [-0.05, 0) is 46.1 Å². The number of hydrogen-bond donors (Lipinski definition) is 1. The Hall–Kier alpha value is -1.10. The number of rotatable bonds is 1. The Bertz CT molecular complexity index is 783. The zero-order valence-corrected chi connectivity index (χ0v) is 12.9. The van der Waals surface area contributed by atoms with Crippen LogP contribution in [0.25, 0.3) is 22.2 Å². The van der Waals surface area contributed by atoms with E-state index < -0.39 is 0 Å². The van der Waals surface area contributed by atoms with Crippen LogP contribution in [0.3, 0.4) is 0 Å². The third-order valence-corrected chi connectivity index (χ3v) is 4.41. The van der Waals surface area contributed by atoms with E-state index in [1.165, 1.54) is 0 Å². The van der Waals surface area contributed by atoms with Crippen molar-refractivity contribution < 1.29 is 0 Å². The first kappa shape index (κ1) is 12.9. The summed E-state index contributed by atoms with van der Waals surface area (Å²) in [6, 6.07) is 3.91. The van der Waals surface area contributed by atoms with Gasteiger partial charge in [-0.25, -0.2) is 9.97 Å².